The molecule has 0 aromatic carbocycles. The van der Waals surface area contributed by atoms with Crippen LogP contribution in [0.2, 0.25) is 0 Å². The summed E-state index contributed by atoms with van der Waals surface area (Å²) in [6, 6.07) is 0. The Balaban J connectivity index is 4.61. The number of allylic oxidation sites excluding steroid dienone is 22. The highest BCUT2D eigenvalue weighted by Gasteiger charge is 2.21. The molecule has 0 aliphatic heterocycles. The van der Waals surface area contributed by atoms with E-state index in [2.05, 4.69) is 129 Å². The molecule has 0 spiro atoms. The minimum atomic E-state index is -4.67. The van der Waals surface area contributed by atoms with Gasteiger partial charge in [0.05, 0.1) is 27.7 Å². The zero-order chi connectivity index (χ0) is 44.3. The molecule has 0 heterocycles. The predicted octanol–water partition coefficient (Wildman–Crippen LogP) is 12.0. The first-order valence-electron chi connectivity index (χ1n) is 21.9. The second-order valence-electron chi connectivity index (χ2n) is 14.9. The lowest BCUT2D eigenvalue weighted by atomic mass is 10.2. The lowest BCUT2D eigenvalue weighted by Gasteiger charge is -2.28. The fraction of sp³-hybridized carbons (Fsp3) is 0.520. The minimum absolute atomic E-state index is 0.0614. The Bertz CT molecular complexity index is 1470. The maximum Gasteiger partial charge on any atom is 0.306 e. The number of hydrogen-bond acceptors (Lipinski definition) is 8. The first-order valence-corrected chi connectivity index (χ1v) is 23.4. The van der Waals surface area contributed by atoms with E-state index in [9.17, 15) is 19.0 Å². The number of rotatable bonds is 37. The van der Waals surface area contributed by atoms with Gasteiger partial charge in [0.1, 0.15) is 19.8 Å². The molecule has 0 saturated heterocycles. The Kier molecular flexibility index (Phi) is 37.9. The van der Waals surface area contributed by atoms with Crippen LogP contribution in [0, 0.1) is 0 Å². The number of likely N-dealkylation sites (N-methyl/N-ethyl adjacent to an activating group) is 1. The average Bonchev–Trinajstić information content (AvgIpc) is 3.20. The molecule has 9 nitrogen and oxygen atoms in total. The van der Waals surface area contributed by atoms with Crippen molar-refractivity contribution in [2.75, 3.05) is 47.5 Å². The second kappa shape index (κ2) is 40.6. The lowest BCUT2D eigenvalue weighted by molar-refractivity contribution is -0.870. The number of carbonyl (C=O) groups excluding carboxylic acids is 2. The first kappa shape index (κ1) is 56.1. The van der Waals surface area contributed by atoms with E-state index in [4.69, 9.17) is 18.5 Å². The maximum atomic E-state index is 12.7. The van der Waals surface area contributed by atoms with Crippen LogP contribution in [0.4, 0.5) is 0 Å². The largest absolute Gasteiger partial charge is 0.756 e. The summed E-state index contributed by atoms with van der Waals surface area (Å²) in [6.45, 7) is 3.80. The van der Waals surface area contributed by atoms with Crippen LogP contribution in [0.1, 0.15) is 117 Å². The molecule has 0 radical (unpaired) electrons. The van der Waals surface area contributed by atoms with Gasteiger partial charge in [-0.05, 0) is 89.9 Å². The van der Waals surface area contributed by atoms with Gasteiger partial charge in [-0.1, -0.05) is 148 Å². The standard InChI is InChI=1S/C50H78NO8P/c1-6-8-10-12-14-16-18-20-22-24-25-27-28-30-32-34-36-38-40-42-49(52)56-46-48(47-58-60(54,55)57-45-44-51(3,4)5)59-50(53)43-41-39-37-35-33-31-29-26-23-21-19-17-15-13-11-9-7-2/h8-11,14-17,20-23,25,27,29-32,35-38,48H,6-7,12-13,18-19,24,26,28,33-34,39-47H2,1-5H3/b10-8-,11-9-,16-14-,17-15-,22-20-,23-21-,27-25-,31-29-,32-30-,37-35-,38-36-/t48-/m1/s1. The molecule has 0 aliphatic rings. The number of unbranched alkanes of at least 4 members (excludes halogenated alkanes) is 1. The van der Waals surface area contributed by atoms with E-state index >= 15 is 0 Å². The molecule has 0 rings (SSSR count). The van der Waals surface area contributed by atoms with E-state index in [-0.39, 0.29) is 26.1 Å². The van der Waals surface area contributed by atoms with Gasteiger partial charge < -0.3 is 27.9 Å². The van der Waals surface area contributed by atoms with Gasteiger partial charge in [0.15, 0.2) is 6.10 Å². The Morgan fingerprint density at radius 3 is 1.30 bits per heavy atom. The molecule has 0 aliphatic carbocycles. The van der Waals surface area contributed by atoms with Crippen LogP contribution in [0.5, 0.6) is 0 Å². The number of ether oxygens (including phenoxy) is 2. The number of hydrogen-bond donors (Lipinski definition) is 0. The van der Waals surface area contributed by atoms with Crippen LogP contribution < -0.4 is 4.89 Å². The van der Waals surface area contributed by atoms with Gasteiger partial charge in [-0.2, -0.15) is 0 Å². The molecule has 60 heavy (non-hydrogen) atoms. The normalized spacial score (nSPS) is 14.8. The highest BCUT2D eigenvalue weighted by atomic mass is 31.2. The van der Waals surface area contributed by atoms with Crippen molar-refractivity contribution < 1.29 is 42.1 Å². The van der Waals surface area contributed by atoms with Crippen molar-refractivity contribution >= 4 is 19.8 Å². The van der Waals surface area contributed by atoms with Crippen LogP contribution in [0.15, 0.2) is 134 Å². The second-order valence-corrected chi connectivity index (χ2v) is 16.4. The van der Waals surface area contributed by atoms with Gasteiger partial charge >= 0.3 is 11.9 Å². The minimum Gasteiger partial charge on any atom is -0.756 e. The number of nitrogens with zero attached hydrogens (tertiary/aromatic N) is 1. The number of carbonyl (C=O) groups is 2. The fourth-order valence-electron chi connectivity index (χ4n) is 4.83. The van der Waals surface area contributed by atoms with Crippen molar-refractivity contribution in [3.63, 3.8) is 0 Å². The lowest BCUT2D eigenvalue weighted by Crippen LogP contribution is -2.37. The molecule has 0 bridgehead atoms. The Morgan fingerprint density at radius 1 is 0.517 bits per heavy atom. The molecule has 336 valence electrons. The molecular formula is C50H78NO8P. The van der Waals surface area contributed by atoms with Crippen LogP contribution in [0.25, 0.3) is 0 Å². The van der Waals surface area contributed by atoms with Crippen molar-refractivity contribution in [1.29, 1.82) is 0 Å². The number of esters is 2. The number of phosphoric acid groups is 1. The van der Waals surface area contributed by atoms with E-state index in [1.165, 1.54) is 0 Å². The smallest absolute Gasteiger partial charge is 0.306 e. The topological polar surface area (TPSA) is 111 Å². The summed E-state index contributed by atoms with van der Waals surface area (Å²) in [5, 5.41) is 0. The zero-order valence-corrected chi connectivity index (χ0v) is 38.5. The van der Waals surface area contributed by atoms with Crippen LogP contribution in [-0.4, -0.2) is 70.0 Å². The molecule has 0 aromatic rings. The first-order chi connectivity index (χ1) is 29.0. The highest BCUT2D eigenvalue weighted by molar-refractivity contribution is 7.45. The molecular weight excluding hydrogens is 774 g/mol. The molecule has 1 unspecified atom stereocenters. The summed E-state index contributed by atoms with van der Waals surface area (Å²) in [6.07, 6.45) is 57.9. The van der Waals surface area contributed by atoms with Crippen molar-refractivity contribution in [2.24, 2.45) is 0 Å². The van der Waals surface area contributed by atoms with E-state index in [1.807, 2.05) is 39.4 Å². The van der Waals surface area contributed by atoms with E-state index in [0.29, 0.717) is 30.3 Å². The molecule has 0 fully saturated rings. The summed E-state index contributed by atoms with van der Waals surface area (Å²) >= 11 is 0. The zero-order valence-electron chi connectivity index (χ0n) is 37.6. The number of quaternary nitrogens is 1. The summed E-state index contributed by atoms with van der Waals surface area (Å²) in [4.78, 5) is 37.5. The van der Waals surface area contributed by atoms with Crippen molar-refractivity contribution in [1.82, 2.24) is 0 Å². The van der Waals surface area contributed by atoms with Gasteiger partial charge in [-0.25, -0.2) is 0 Å². The van der Waals surface area contributed by atoms with Crippen LogP contribution >= 0.6 is 7.82 Å². The number of phosphoric ester groups is 1. The molecule has 0 N–H and O–H groups in total. The molecule has 0 amide bonds. The average molecular weight is 852 g/mol. The highest BCUT2D eigenvalue weighted by Crippen LogP contribution is 2.38. The summed E-state index contributed by atoms with van der Waals surface area (Å²) in [5.74, 6) is -1.02. The molecule has 0 saturated carbocycles. The maximum absolute atomic E-state index is 12.7. The third-order valence-electron chi connectivity index (χ3n) is 8.18. The monoisotopic (exact) mass is 852 g/mol. The summed E-state index contributed by atoms with van der Waals surface area (Å²) in [5.41, 5.74) is 0. The van der Waals surface area contributed by atoms with Gasteiger partial charge in [0.2, 0.25) is 0 Å². The van der Waals surface area contributed by atoms with Crippen molar-refractivity contribution in [3.05, 3.63) is 134 Å². The third kappa shape index (κ3) is 43.7. The SMILES string of the molecule is CC/C=C\C/C=C\C/C=C\C/C=C\C/C=C\C/C=C\CCC(=O)OC[C@H](COP(=O)([O-])OCC[N+](C)(C)C)OC(=O)CCC/C=C\C/C=C\C/C=C\C/C=C\C/C=C\CC. The van der Waals surface area contributed by atoms with Gasteiger partial charge in [-0.3, -0.25) is 14.2 Å². The van der Waals surface area contributed by atoms with Crippen LogP contribution in [0.3, 0.4) is 0 Å². The molecule has 2 atom stereocenters. The van der Waals surface area contributed by atoms with E-state index in [0.717, 1.165) is 70.6 Å². The van der Waals surface area contributed by atoms with Crippen molar-refractivity contribution in [2.45, 2.75) is 123 Å². The summed E-state index contributed by atoms with van der Waals surface area (Å²) < 4.78 is 33.7. The quantitative estimate of drug-likeness (QED) is 0.0200. The summed E-state index contributed by atoms with van der Waals surface area (Å²) in [7, 11) is 1.06. The molecule has 10 heteroatoms. The van der Waals surface area contributed by atoms with Gasteiger partial charge in [-0.15, -0.1) is 0 Å². The fourth-order valence-corrected chi connectivity index (χ4v) is 5.56. The van der Waals surface area contributed by atoms with E-state index < -0.39 is 32.5 Å². The van der Waals surface area contributed by atoms with Crippen LogP contribution in [-0.2, 0) is 32.7 Å². The Hall–Kier alpha value is -3.85. The van der Waals surface area contributed by atoms with Gasteiger partial charge in [0.25, 0.3) is 7.82 Å². The molecule has 0 aromatic heterocycles. The predicted molar refractivity (Wildman–Crippen MR) is 249 cm³/mol. The van der Waals surface area contributed by atoms with Crippen molar-refractivity contribution in [3.8, 4) is 0 Å². The van der Waals surface area contributed by atoms with Gasteiger partial charge in [0, 0.05) is 12.8 Å². The third-order valence-corrected chi connectivity index (χ3v) is 9.14. The van der Waals surface area contributed by atoms with E-state index in [1.54, 1.807) is 0 Å². The Labute approximate surface area is 364 Å². The Morgan fingerprint density at radius 2 is 0.900 bits per heavy atom.